The molecule has 2 aromatic carbocycles. The van der Waals surface area contributed by atoms with Gasteiger partial charge in [-0.3, -0.25) is 10.1 Å². The predicted molar refractivity (Wildman–Crippen MR) is 78.4 cm³/mol. The number of methoxy groups -OCH3 is 1. The first-order valence-electron chi connectivity index (χ1n) is 6.01. The highest BCUT2D eigenvalue weighted by Crippen LogP contribution is 2.26. The van der Waals surface area contributed by atoms with Crippen LogP contribution in [0.4, 0.5) is 15.8 Å². The molecule has 0 aliphatic heterocycles. The lowest BCUT2D eigenvalue weighted by molar-refractivity contribution is -0.384. The number of anilines is 1. The summed E-state index contributed by atoms with van der Waals surface area (Å²) in [6.45, 7) is 0.285. The summed E-state index contributed by atoms with van der Waals surface area (Å²) in [6.07, 6.45) is 0. The molecule has 5 nitrogen and oxygen atoms in total. The summed E-state index contributed by atoms with van der Waals surface area (Å²) >= 11 is 5.69. The van der Waals surface area contributed by atoms with Crippen LogP contribution in [0.1, 0.15) is 5.56 Å². The van der Waals surface area contributed by atoms with Crippen molar-refractivity contribution in [1.29, 1.82) is 0 Å². The van der Waals surface area contributed by atoms with E-state index >= 15 is 0 Å². The van der Waals surface area contributed by atoms with Crippen molar-refractivity contribution < 1.29 is 14.1 Å². The second-order valence-corrected chi connectivity index (χ2v) is 4.64. The monoisotopic (exact) mass is 310 g/mol. The number of nitro benzene ring substituents is 1. The Bertz CT molecular complexity index is 679. The molecule has 0 heterocycles. The van der Waals surface area contributed by atoms with E-state index in [1.165, 1.54) is 43.5 Å². The van der Waals surface area contributed by atoms with Crippen LogP contribution >= 0.6 is 11.6 Å². The minimum absolute atomic E-state index is 0.00556. The van der Waals surface area contributed by atoms with Gasteiger partial charge in [0.05, 0.1) is 17.1 Å². The summed E-state index contributed by atoms with van der Waals surface area (Å²) in [5, 5.41) is 13.8. The zero-order chi connectivity index (χ0) is 15.4. The van der Waals surface area contributed by atoms with Gasteiger partial charge in [-0.25, -0.2) is 4.39 Å². The molecule has 0 bridgehead atoms. The highest BCUT2D eigenvalue weighted by molar-refractivity contribution is 6.31. The fourth-order valence-electron chi connectivity index (χ4n) is 1.82. The molecule has 21 heavy (non-hydrogen) atoms. The van der Waals surface area contributed by atoms with Crippen LogP contribution in [0, 0.1) is 15.9 Å². The van der Waals surface area contributed by atoms with Crippen molar-refractivity contribution in [3.8, 4) is 5.75 Å². The summed E-state index contributed by atoms with van der Waals surface area (Å²) < 4.78 is 18.2. The molecule has 0 amide bonds. The molecule has 7 heteroatoms. The molecule has 0 aromatic heterocycles. The molecule has 2 aromatic rings. The van der Waals surface area contributed by atoms with Crippen LogP contribution in [0.15, 0.2) is 36.4 Å². The average Bonchev–Trinajstić information content (AvgIpc) is 2.48. The Morgan fingerprint density at radius 2 is 2.10 bits per heavy atom. The summed E-state index contributed by atoms with van der Waals surface area (Å²) in [5.41, 5.74) is 1.20. The molecular weight excluding hydrogens is 299 g/mol. The maximum Gasteiger partial charge on any atom is 0.270 e. The van der Waals surface area contributed by atoms with Gasteiger partial charge in [-0.05, 0) is 24.3 Å². The van der Waals surface area contributed by atoms with E-state index in [0.29, 0.717) is 17.0 Å². The first-order chi connectivity index (χ1) is 10.0. The molecule has 0 fully saturated rings. The Morgan fingerprint density at radius 1 is 1.33 bits per heavy atom. The van der Waals surface area contributed by atoms with Crippen molar-refractivity contribution in [3.63, 3.8) is 0 Å². The van der Waals surface area contributed by atoms with E-state index < -0.39 is 10.7 Å². The lowest BCUT2D eigenvalue weighted by Gasteiger charge is -2.11. The molecule has 0 spiro atoms. The van der Waals surface area contributed by atoms with Crippen molar-refractivity contribution >= 4 is 23.0 Å². The van der Waals surface area contributed by atoms with Gasteiger partial charge in [0.15, 0.2) is 0 Å². The van der Waals surface area contributed by atoms with Gasteiger partial charge in [0.1, 0.15) is 11.6 Å². The third kappa shape index (κ3) is 3.61. The average molecular weight is 311 g/mol. The molecule has 0 saturated heterocycles. The number of benzene rings is 2. The zero-order valence-electron chi connectivity index (χ0n) is 11.1. The lowest BCUT2D eigenvalue weighted by atomic mass is 10.1. The van der Waals surface area contributed by atoms with E-state index in [-0.39, 0.29) is 17.3 Å². The Kier molecular flexibility index (Phi) is 4.59. The molecule has 2 rings (SSSR count). The van der Waals surface area contributed by atoms with Gasteiger partial charge in [0.2, 0.25) is 0 Å². The first kappa shape index (κ1) is 15.1. The SMILES string of the molecule is COc1ccc([N+](=O)[O-])cc1CNc1ccc(F)c(Cl)c1. The second kappa shape index (κ2) is 6.41. The van der Waals surface area contributed by atoms with Crippen LogP contribution in [0.2, 0.25) is 5.02 Å². The van der Waals surface area contributed by atoms with E-state index in [9.17, 15) is 14.5 Å². The number of nitrogens with one attached hydrogen (secondary N) is 1. The van der Waals surface area contributed by atoms with Crippen molar-refractivity contribution in [2.24, 2.45) is 0 Å². The van der Waals surface area contributed by atoms with Gasteiger partial charge >= 0.3 is 0 Å². The number of halogens is 2. The maximum absolute atomic E-state index is 13.1. The van der Waals surface area contributed by atoms with Crippen LogP contribution < -0.4 is 10.1 Å². The quantitative estimate of drug-likeness (QED) is 0.669. The van der Waals surface area contributed by atoms with Crippen molar-refractivity contribution in [1.82, 2.24) is 0 Å². The number of hydrogen-bond acceptors (Lipinski definition) is 4. The molecule has 0 unspecified atom stereocenters. The maximum atomic E-state index is 13.1. The third-order valence-electron chi connectivity index (χ3n) is 2.88. The van der Waals surface area contributed by atoms with Crippen LogP contribution in [-0.4, -0.2) is 12.0 Å². The van der Waals surface area contributed by atoms with Crippen molar-refractivity contribution in [2.75, 3.05) is 12.4 Å². The standard InChI is InChI=1S/C14H12ClFN2O3/c1-21-14-5-3-11(18(19)20)6-9(14)8-17-10-2-4-13(16)12(15)7-10/h2-7,17H,8H2,1H3. The van der Waals surface area contributed by atoms with E-state index in [1.54, 1.807) is 0 Å². The van der Waals surface area contributed by atoms with Gasteiger partial charge in [-0.15, -0.1) is 0 Å². The summed E-state index contributed by atoms with van der Waals surface area (Å²) in [4.78, 5) is 10.3. The molecular formula is C14H12ClFN2O3. The highest BCUT2D eigenvalue weighted by Gasteiger charge is 2.11. The predicted octanol–water partition coefficient (Wildman–Crippen LogP) is 4.01. The smallest absolute Gasteiger partial charge is 0.270 e. The van der Waals surface area contributed by atoms with Crippen LogP contribution in [-0.2, 0) is 6.54 Å². The van der Waals surface area contributed by atoms with Gasteiger partial charge in [0.25, 0.3) is 5.69 Å². The van der Waals surface area contributed by atoms with E-state index in [0.717, 1.165) is 0 Å². The number of ether oxygens (including phenoxy) is 1. The Balaban J connectivity index is 2.19. The second-order valence-electron chi connectivity index (χ2n) is 4.24. The molecule has 0 aliphatic carbocycles. The molecule has 0 radical (unpaired) electrons. The minimum atomic E-state index is -0.504. The third-order valence-corrected chi connectivity index (χ3v) is 3.17. The highest BCUT2D eigenvalue weighted by atomic mass is 35.5. The van der Waals surface area contributed by atoms with Crippen LogP contribution in [0.5, 0.6) is 5.75 Å². The summed E-state index contributed by atoms with van der Waals surface area (Å²) in [6, 6.07) is 8.56. The number of hydrogen-bond donors (Lipinski definition) is 1. The number of non-ortho nitro benzene ring substituents is 1. The van der Waals surface area contributed by atoms with Crippen LogP contribution in [0.25, 0.3) is 0 Å². The van der Waals surface area contributed by atoms with Crippen molar-refractivity contribution in [3.05, 3.63) is 62.9 Å². The number of nitro groups is 1. The topological polar surface area (TPSA) is 64.4 Å². The number of rotatable bonds is 5. The van der Waals surface area contributed by atoms with E-state index in [2.05, 4.69) is 5.32 Å². The Morgan fingerprint density at radius 3 is 2.71 bits per heavy atom. The molecule has 0 atom stereocenters. The van der Waals surface area contributed by atoms with Gasteiger partial charge in [-0.2, -0.15) is 0 Å². The molecule has 110 valence electrons. The van der Waals surface area contributed by atoms with Gasteiger partial charge in [0, 0.05) is 29.9 Å². The lowest BCUT2D eigenvalue weighted by Crippen LogP contribution is -2.03. The number of nitrogens with zero attached hydrogens (tertiary/aromatic N) is 1. The first-order valence-corrected chi connectivity index (χ1v) is 6.39. The Labute approximate surface area is 125 Å². The van der Waals surface area contributed by atoms with Crippen molar-refractivity contribution in [2.45, 2.75) is 6.54 Å². The fraction of sp³-hybridized carbons (Fsp3) is 0.143. The Hall–Kier alpha value is -2.34. The normalized spacial score (nSPS) is 10.2. The zero-order valence-corrected chi connectivity index (χ0v) is 11.9. The summed E-state index contributed by atoms with van der Waals surface area (Å²) in [7, 11) is 1.49. The summed E-state index contributed by atoms with van der Waals surface area (Å²) in [5.74, 6) is 0.0245. The molecule has 0 aliphatic rings. The van der Waals surface area contributed by atoms with E-state index in [1.807, 2.05) is 0 Å². The largest absolute Gasteiger partial charge is 0.496 e. The van der Waals surface area contributed by atoms with Gasteiger partial charge < -0.3 is 10.1 Å². The van der Waals surface area contributed by atoms with E-state index in [4.69, 9.17) is 16.3 Å². The van der Waals surface area contributed by atoms with Gasteiger partial charge in [-0.1, -0.05) is 11.6 Å². The molecule has 0 saturated carbocycles. The molecule has 1 N–H and O–H groups in total. The minimum Gasteiger partial charge on any atom is -0.496 e. The van der Waals surface area contributed by atoms with Crippen LogP contribution in [0.3, 0.4) is 0 Å². The fourth-order valence-corrected chi connectivity index (χ4v) is 2.00.